The number of halogens is 1. The third kappa shape index (κ3) is 2.56. The van der Waals surface area contributed by atoms with Gasteiger partial charge in [0, 0.05) is 27.2 Å². The number of hydrogen-bond acceptors (Lipinski definition) is 0. The molecule has 5 aromatic carbocycles. The van der Waals surface area contributed by atoms with E-state index in [0.717, 1.165) is 32.8 Å². The largest absolute Gasteiger partial charge is 0.309 e. The van der Waals surface area contributed by atoms with E-state index in [4.69, 9.17) is 11.6 Å². The van der Waals surface area contributed by atoms with E-state index in [9.17, 15) is 0 Å². The monoisotopic (exact) mass is 442 g/mol. The van der Waals surface area contributed by atoms with Gasteiger partial charge in [-0.1, -0.05) is 78.3 Å². The van der Waals surface area contributed by atoms with Gasteiger partial charge in [-0.25, -0.2) is 0 Å². The topological polar surface area (TPSA) is 9.86 Å². The lowest BCUT2D eigenvalue weighted by molar-refractivity contribution is 1.17. The summed E-state index contributed by atoms with van der Waals surface area (Å²) in [5.41, 5.74) is 6.98. The van der Waals surface area contributed by atoms with Crippen molar-refractivity contribution in [2.24, 2.45) is 0 Å². The summed E-state index contributed by atoms with van der Waals surface area (Å²) in [6.07, 6.45) is 0. The molecule has 0 saturated carbocycles. The van der Waals surface area contributed by atoms with Crippen LogP contribution in [0.1, 0.15) is 0 Å². The third-order valence-electron chi connectivity index (χ3n) is 6.58. The second-order valence-corrected chi connectivity index (χ2v) is 8.75. The highest BCUT2D eigenvalue weighted by Crippen LogP contribution is 2.41. The van der Waals surface area contributed by atoms with Crippen LogP contribution in [0.2, 0.25) is 5.02 Å². The average Bonchev–Trinajstić information content (AvgIpc) is 3.38. The summed E-state index contributed by atoms with van der Waals surface area (Å²) in [4.78, 5) is 0. The van der Waals surface area contributed by atoms with Gasteiger partial charge in [0.15, 0.2) is 0 Å². The third-order valence-corrected chi connectivity index (χ3v) is 6.89. The Kier molecular flexibility index (Phi) is 3.93. The second-order valence-electron chi connectivity index (χ2n) is 8.35. The fraction of sp³-hybridized carbons (Fsp3) is 0. The van der Waals surface area contributed by atoms with E-state index in [1.54, 1.807) is 0 Å². The minimum atomic E-state index is 0.779. The van der Waals surface area contributed by atoms with Gasteiger partial charge in [-0.2, -0.15) is 0 Å². The summed E-state index contributed by atoms with van der Waals surface area (Å²) >= 11 is 6.72. The van der Waals surface area contributed by atoms with Crippen molar-refractivity contribution in [3.8, 4) is 11.4 Å². The van der Waals surface area contributed by atoms with Gasteiger partial charge < -0.3 is 9.13 Å². The first kappa shape index (κ1) is 18.6. The predicted octanol–water partition coefficient (Wildman–Crippen LogP) is 8.53. The maximum absolute atomic E-state index is 6.72. The molecule has 0 N–H and O–H groups in total. The Hall–Kier alpha value is -4.01. The first-order valence-corrected chi connectivity index (χ1v) is 11.5. The van der Waals surface area contributed by atoms with Gasteiger partial charge in [-0.05, 0) is 48.5 Å². The van der Waals surface area contributed by atoms with E-state index < -0.39 is 0 Å². The number of aromatic nitrogens is 2. The molecule has 3 heteroatoms. The maximum Gasteiger partial charge on any atom is 0.0562 e. The zero-order valence-electron chi connectivity index (χ0n) is 17.7. The summed E-state index contributed by atoms with van der Waals surface area (Å²) in [5.74, 6) is 0. The lowest BCUT2D eigenvalue weighted by Gasteiger charge is -2.11. The Labute approximate surface area is 195 Å². The Morgan fingerprint density at radius 1 is 0.424 bits per heavy atom. The lowest BCUT2D eigenvalue weighted by Crippen LogP contribution is -1.96. The summed E-state index contributed by atoms with van der Waals surface area (Å²) in [6, 6.07) is 40.5. The minimum Gasteiger partial charge on any atom is -0.309 e. The first-order chi connectivity index (χ1) is 16.3. The summed E-state index contributed by atoms with van der Waals surface area (Å²) in [6.45, 7) is 0. The molecule has 7 aromatic rings. The molecule has 0 radical (unpaired) electrons. The molecular formula is C30H19ClN2. The molecule has 0 spiro atoms. The van der Waals surface area contributed by atoms with Crippen LogP contribution in [-0.2, 0) is 0 Å². The molecular weight excluding hydrogens is 424 g/mol. The number of para-hydroxylation sites is 3. The van der Waals surface area contributed by atoms with Crippen molar-refractivity contribution in [3.63, 3.8) is 0 Å². The Morgan fingerprint density at radius 3 is 1.73 bits per heavy atom. The number of benzene rings is 5. The standard InChI is InChI=1S/C30H19ClN2/c31-23-14-8-17-26-29(23)21-12-4-7-16-25(21)33(26)28-19-9-18-27-30(28)22-13-5-6-15-24(22)32(27)20-10-2-1-3-11-20/h1-19H. The van der Waals surface area contributed by atoms with Crippen molar-refractivity contribution in [1.29, 1.82) is 0 Å². The van der Waals surface area contributed by atoms with E-state index in [0.29, 0.717) is 0 Å². The molecule has 156 valence electrons. The van der Waals surface area contributed by atoms with Crippen LogP contribution in [0.5, 0.6) is 0 Å². The van der Waals surface area contributed by atoms with Crippen molar-refractivity contribution in [3.05, 3.63) is 120 Å². The summed E-state index contributed by atoms with van der Waals surface area (Å²) in [5, 5.41) is 5.52. The molecule has 0 fully saturated rings. The smallest absolute Gasteiger partial charge is 0.0562 e. The summed E-state index contributed by atoms with van der Waals surface area (Å²) in [7, 11) is 0. The molecule has 33 heavy (non-hydrogen) atoms. The molecule has 0 aliphatic carbocycles. The van der Waals surface area contributed by atoms with Gasteiger partial charge in [0.2, 0.25) is 0 Å². The van der Waals surface area contributed by atoms with Gasteiger partial charge in [0.25, 0.3) is 0 Å². The fourth-order valence-electron chi connectivity index (χ4n) is 5.28. The normalized spacial score (nSPS) is 11.8. The van der Waals surface area contributed by atoms with E-state index >= 15 is 0 Å². The molecule has 2 nitrogen and oxygen atoms in total. The lowest BCUT2D eigenvalue weighted by atomic mass is 10.1. The van der Waals surface area contributed by atoms with E-state index in [1.165, 1.54) is 27.2 Å². The SMILES string of the molecule is Clc1cccc2c1c1ccccc1n2-c1cccc2c1c1ccccc1n2-c1ccccc1. The van der Waals surface area contributed by atoms with Crippen LogP contribution in [0.4, 0.5) is 0 Å². The molecule has 0 amide bonds. The van der Waals surface area contributed by atoms with Crippen molar-refractivity contribution in [2.75, 3.05) is 0 Å². The van der Waals surface area contributed by atoms with E-state index in [-0.39, 0.29) is 0 Å². The predicted molar refractivity (Wildman–Crippen MR) is 140 cm³/mol. The molecule has 0 bridgehead atoms. The van der Waals surface area contributed by atoms with Gasteiger partial charge in [0.05, 0.1) is 32.8 Å². The zero-order valence-corrected chi connectivity index (χ0v) is 18.5. The van der Waals surface area contributed by atoms with E-state index in [2.05, 4.69) is 112 Å². The van der Waals surface area contributed by atoms with Gasteiger partial charge in [-0.15, -0.1) is 0 Å². The van der Waals surface area contributed by atoms with Crippen molar-refractivity contribution < 1.29 is 0 Å². The van der Waals surface area contributed by atoms with Crippen molar-refractivity contribution in [2.45, 2.75) is 0 Å². The van der Waals surface area contributed by atoms with Crippen LogP contribution in [0.3, 0.4) is 0 Å². The zero-order chi connectivity index (χ0) is 21.9. The Bertz CT molecular complexity index is 1820. The number of fused-ring (bicyclic) bond motifs is 6. The molecule has 2 heterocycles. The van der Waals surface area contributed by atoms with Crippen LogP contribution in [-0.4, -0.2) is 9.13 Å². The van der Waals surface area contributed by atoms with Crippen LogP contribution in [0.25, 0.3) is 55.0 Å². The summed E-state index contributed by atoms with van der Waals surface area (Å²) < 4.78 is 4.72. The Morgan fingerprint density at radius 2 is 0.970 bits per heavy atom. The number of nitrogens with zero attached hydrogens (tertiary/aromatic N) is 2. The molecule has 0 unspecified atom stereocenters. The first-order valence-electron chi connectivity index (χ1n) is 11.1. The quantitative estimate of drug-likeness (QED) is 0.254. The van der Waals surface area contributed by atoms with Crippen LogP contribution in [0.15, 0.2) is 115 Å². The Balaban J connectivity index is 1.70. The number of rotatable bonds is 2. The highest BCUT2D eigenvalue weighted by molar-refractivity contribution is 6.38. The average molecular weight is 443 g/mol. The van der Waals surface area contributed by atoms with Gasteiger partial charge >= 0.3 is 0 Å². The molecule has 2 aromatic heterocycles. The highest BCUT2D eigenvalue weighted by atomic mass is 35.5. The van der Waals surface area contributed by atoms with Gasteiger partial charge in [-0.3, -0.25) is 0 Å². The fourth-order valence-corrected chi connectivity index (χ4v) is 5.55. The van der Waals surface area contributed by atoms with Crippen LogP contribution < -0.4 is 0 Å². The number of hydrogen-bond donors (Lipinski definition) is 0. The molecule has 7 rings (SSSR count). The molecule has 0 atom stereocenters. The molecule has 0 aliphatic rings. The van der Waals surface area contributed by atoms with Crippen molar-refractivity contribution >= 4 is 55.2 Å². The van der Waals surface area contributed by atoms with Crippen LogP contribution >= 0.6 is 11.6 Å². The maximum atomic E-state index is 6.72. The molecule has 0 aliphatic heterocycles. The van der Waals surface area contributed by atoms with Crippen LogP contribution in [0, 0.1) is 0 Å². The van der Waals surface area contributed by atoms with Gasteiger partial charge in [0.1, 0.15) is 0 Å². The minimum absolute atomic E-state index is 0.779. The van der Waals surface area contributed by atoms with E-state index in [1.807, 2.05) is 12.1 Å². The highest BCUT2D eigenvalue weighted by Gasteiger charge is 2.19. The van der Waals surface area contributed by atoms with Crippen molar-refractivity contribution in [1.82, 2.24) is 9.13 Å². The molecule has 0 saturated heterocycles. The second kappa shape index (κ2) is 6.99.